The molecule has 19 heavy (non-hydrogen) atoms. The van der Waals surface area contributed by atoms with Crippen LogP contribution in [0.2, 0.25) is 0 Å². The number of aliphatic hydroxyl groups excluding tert-OH is 1. The van der Waals surface area contributed by atoms with Crippen LogP contribution in [0.1, 0.15) is 44.0 Å². The first-order chi connectivity index (χ1) is 9.08. The smallest absolute Gasteiger partial charge is 0.137 e. The van der Waals surface area contributed by atoms with E-state index in [1.54, 1.807) is 0 Å². The third-order valence-corrected chi connectivity index (χ3v) is 3.49. The van der Waals surface area contributed by atoms with Gasteiger partial charge in [-0.3, -0.25) is 0 Å². The molecule has 1 fully saturated rings. The Morgan fingerprint density at radius 3 is 2.53 bits per heavy atom. The van der Waals surface area contributed by atoms with E-state index in [4.69, 9.17) is 4.98 Å². The number of hydrogen-bond acceptors (Lipinski definition) is 5. The topological polar surface area (TPSA) is 61.3 Å². The van der Waals surface area contributed by atoms with Gasteiger partial charge in [0.1, 0.15) is 17.5 Å². The van der Waals surface area contributed by atoms with Crippen molar-refractivity contribution in [1.29, 1.82) is 0 Å². The summed E-state index contributed by atoms with van der Waals surface area (Å²) >= 11 is 0. The van der Waals surface area contributed by atoms with Gasteiger partial charge in [-0.25, -0.2) is 9.97 Å². The zero-order valence-electron chi connectivity index (χ0n) is 12.3. The van der Waals surface area contributed by atoms with Crippen LogP contribution in [-0.2, 0) is 0 Å². The Balaban J connectivity index is 2.43. The maximum Gasteiger partial charge on any atom is 0.137 e. The molecule has 0 radical (unpaired) electrons. The predicted octanol–water partition coefficient (Wildman–Crippen LogP) is 1.91. The van der Waals surface area contributed by atoms with Crippen molar-refractivity contribution in [1.82, 2.24) is 9.97 Å². The summed E-state index contributed by atoms with van der Waals surface area (Å²) in [6.45, 7) is 7.04. The fourth-order valence-electron chi connectivity index (χ4n) is 2.26. The van der Waals surface area contributed by atoms with Crippen LogP contribution in [0.15, 0.2) is 0 Å². The molecule has 0 aliphatic heterocycles. The zero-order chi connectivity index (χ0) is 14.0. The SMILES string of the molecule is CNc1nc(C(C)C)nc(N(CCO)C2CC2)c1C. The van der Waals surface area contributed by atoms with E-state index < -0.39 is 0 Å². The lowest BCUT2D eigenvalue weighted by Gasteiger charge is -2.26. The van der Waals surface area contributed by atoms with E-state index in [0.29, 0.717) is 18.5 Å². The average Bonchev–Trinajstić information content (AvgIpc) is 3.20. The van der Waals surface area contributed by atoms with Gasteiger partial charge in [-0.15, -0.1) is 0 Å². The first kappa shape index (κ1) is 14.1. The number of nitrogens with one attached hydrogen (secondary N) is 1. The van der Waals surface area contributed by atoms with Crippen LogP contribution in [0.3, 0.4) is 0 Å². The van der Waals surface area contributed by atoms with Crippen LogP contribution in [0.4, 0.5) is 11.6 Å². The lowest BCUT2D eigenvalue weighted by molar-refractivity contribution is 0.301. The van der Waals surface area contributed by atoms with Gasteiger partial charge < -0.3 is 15.3 Å². The Hall–Kier alpha value is -1.36. The maximum absolute atomic E-state index is 9.27. The van der Waals surface area contributed by atoms with Gasteiger partial charge in [0.15, 0.2) is 0 Å². The summed E-state index contributed by atoms with van der Waals surface area (Å²) in [5.41, 5.74) is 1.06. The number of aliphatic hydroxyl groups is 1. The van der Waals surface area contributed by atoms with E-state index >= 15 is 0 Å². The van der Waals surface area contributed by atoms with Gasteiger partial charge in [0.25, 0.3) is 0 Å². The predicted molar refractivity (Wildman–Crippen MR) is 77.9 cm³/mol. The molecule has 2 N–H and O–H groups in total. The zero-order valence-corrected chi connectivity index (χ0v) is 12.3. The van der Waals surface area contributed by atoms with Gasteiger partial charge in [-0.1, -0.05) is 13.8 Å². The molecular weight excluding hydrogens is 240 g/mol. The minimum Gasteiger partial charge on any atom is -0.395 e. The van der Waals surface area contributed by atoms with Crippen molar-refractivity contribution in [2.75, 3.05) is 30.4 Å². The maximum atomic E-state index is 9.27. The lowest BCUT2D eigenvalue weighted by Crippen LogP contribution is -2.31. The molecule has 0 unspecified atom stereocenters. The van der Waals surface area contributed by atoms with Crippen LogP contribution < -0.4 is 10.2 Å². The summed E-state index contributed by atoms with van der Waals surface area (Å²) in [6.07, 6.45) is 2.38. The summed E-state index contributed by atoms with van der Waals surface area (Å²) in [6, 6.07) is 0.533. The minimum atomic E-state index is 0.159. The summed E-state index contributed by atoms with van der Waals surface area (Å²) in [4.78, 5) is 11.5. The summed E-state index contributed by atoms with van der Waals surface area (Å²) in [7, 11) is 1.89. The highest BCUT2D eigenvalue weighted by atomic mass is 16.3. The number of hydrogen-bond donors (Lipinski definition) is 2. The van der Waals surface area contributed by atoms with Crippen molar-refractivity contribution in [2.24, 2.45) is 0 Å². The molecule has 1 aliphatic rings. The van der Waals surface area contributed by atoms with Gasteiger partial charge >= 0.3 is 0 Å². The normalized spacial score (nSPS) is 14.8. The number of nitrogens with zero attached hydrogens (tertiary/aromatic N) is 3. The highest BCUT2D eigenvalue weighted by Crippen LogP contribution is 2.34. The molecule has 2 rings (SSSR count). The molecule has 0 aromatic carbocycles. The number of rotatable bonds is 6. The van der Waals surface area contributed by atoms with Gasteiger partial charge in [-0.2, -0.15) is 0 Å². The van der Waals surface area contributed by atoms with Crippen LogP contribution in [0.5, 0.6) is 0 Å². The Labute approximate surface area is 115 Å². The third-order valence-electron chi connectivity index (χ3n) is 3.49. The Bertz CT molecular complexity index is 443. The molecule has 5 heteroatoms. The summed E-state index contributed by atoms with van der Waals surface area (Å²) in [5, 5.41) is 12.4. The molecule has 0 bridgehead atoms. The summed E-state index contributed by atoms with van der Waals surface area (Å²) < 4.78 is 0. The van der Waals surface area contributed by atoms with Gasteiger partial charge in [0, 0.05) is 31.1 Å². The standard InChI is InChI=1S/C14H24N4O/c1-9(2)12-16-13(15-4)10(3)14(17-12)18(7-8-19)11-5-6-11/h9,11,19H,5-8H2,1-4H3,(H,15,16,17). The van der Waals surface area contributed by atoms with E-state index in [1.807, 2.05) is 14.0 Å². The molecule has 0 amide bonds. The molecular formula is C14H24N4O. The second kappa shape index (κ2) is 5.74. The van der Waals surface area contributed by atoms with Crippen LogP contribution in [-0.4, -0.2) is 41.3 Å². The molecule has 1 aromatic heterocycles. The highest BCUT2D eigenvalue weighted by Gasteiger charge is 2.31. The first-order valence-electron chi connectivity index (χ1n) is 7.02. The fraction of sp³-hybridized carbons (Fsp3) is 0.714. The third kappa shape index (κ3) is 2.97. The van der Waals surface area contributed by atoms with Crippen LogP contribution >= 0.6 is 0 Å². The average molecular weight is 264 g/mol. The van der Waals surface area contributed by atoms with Crippen molar-refractivity contribution in [2.45, 2.75) is 45.6 Å². The van der Waals surface area contributed by atoms with Gasteiger partial charge in [0.2, 0.25) is 0 Å². The van der Waals surface area contributed by atoms with E-state index in [-0.39, 0.29) is 6.61 Å². The van der Waals surface area contributed by atoms with Crippen molar-refractivity contribution < 1.29 is 5.11 Å². The van der Waals surface area contributed by atoms with Gasteiger partial charge in [0.05, 0.1) is 6.61 Å². The van der Waals surface area contributed by atoms with Gasteiger partial charge in [-0.05, 0) is 19.8 Å². The van der Waals surface area contributed by atoms with E-state index in [9.17, 15) is 5.11 Å². The highest BCUT2D eigenvalue weighted by molar-refractivity contribution is 5.59. The van der Waals surface area contributed by atoms with E-state index in [1.165, 1.54) is 12.8 Å². The van der Waals surface area contributed by atoms with Crippen molar-refractivity contribution in [3.05, 3.63) is 11.4 Å². The molecule has 106 valence electrons. The number of aromatic nitrogens is 2. The van der Waals surface area contributed by atoms with Crippen molar-refractivity contribution in [3.8, 4) is 0 Å². The number of anilines is 2. The second-order valence-corrected chi connectivity index (χ2v) is 5.43. The quantitative estimate of drug-likeness (QED) is 0.822. The first-order valence-corrected chi connectivity index (χ1v) is 7.02. The van der Waals surface area contributed by atoms with E-state index in [2.05, 4.69) is 29.0 Å². The van der Waals surface area contributed by atoms with Crippen molar-refractivity contribution in [3.63, 3.8) is 0 Å². The van der Waals surface area contributed by atoms with Crippen molar-refractivity contribution >= 4 is 11.6 Å². The summed E-state index contributed by atoms with van der Waals surface area (Å²) in [5.74, 6) is 3.01. The Kier molecular flexibility index (Phi) is 4.24. The molecule has 1 aromatic rings. The molecule has 1 saturated carbocycles. The van der Waals surface area contributed by atoms with Crippen LogP contribution in [0, 0.1) is 6.92 Å². The fourth-order valence-corrected chi connectivity index (χ4v) is 2.26. The van der Waals surface area contributed by atoms with Crippen LogP contribution in [0.25, 0.3) is 0 Å². The largest absolute Gasteiger partial charge is 0.395 e. The second-order valence-electron chi connectivity index (χ2n) is 5.43. The monoisotopic (exact) mass is 264 g/mol. The molecule has 0 spiro atoms. The van der Waals surface area contributed by atoms with E-state index in [0.717, 1.165) is 23.0 Å². The molecule has 1 heterocycles. The minimum absolute atomic E-state index is 0.159. The molecule has 1 aliphatic carbocycles. The molecule has 0 atom stereocenters. The molecule has 5 nitrogen and oxygen atoms in total. The Morgan fingerprint density at radius 1 is 1.37 bits per heavy atom. The molecule has 0 saturated heterocycles. The lowest BCUT2D eigenvalue weighted by atomic mass is 10.2. The Morgan fingerprint density at radius 2 is 2.05 bits per heavy atom.